The summed E-state index contributed by atoms with van der Waals surface area (Å²) in [6.07, 6.45) is -1.34. The number of aliphatic hydroxyl groups is 4. The fraction of sp³-hybridized carbons (Fsp3) is 0.900. The van der Waals surface area contributed by atoms with E-state index in [1.54, 1.807) is 0 Å². The van der Waals surface area contributed by atoms with E-state index < -0.39 is 61.8 Å². The summed E-state index contributed by atoms with van der Waals surface area (Å²) >= 11 is 0. The van der Waals surface area contributed by atoms with Crippen LogP contribution < -0.4 is 0 Å². The Morgan fingerprint density at radius 1 is 1.00 bits per heavy atom. The summed E-state index contributed by atoms with van der Waals surface area (Å²) < 4.78 is 21.5. The zero-order valence-electron chi connectivity index (χ0n) is 17.8. The number of ether oxygens (including phenoxy) is 4. The third kappa shape index (κ3) is 8.93. The van der Waals surface area contributed by atoms with E-state index in [0.717, 1.165) is 32.1 Å². The minimum absolute atomic E-state index is 0.176. The van der Waals surface area contributed by atoms with E-state index in [-0.39, 0.29) is 6.61 Å². The second-order valence-corrected chi connectivity index (χ2v) is 7.45. The van der Waals surface area contributed by atoms with Gasteiger partial charge in [0.25, 0.3) is 5.78 Å². The lowest BCUT2D eigenvalue weighted by Gasteiger charge is -2.30. The first-order valence-electron chi connectivity index (χ1n) is 10.6. The minimum Gasteiger partial charge on any atom is -0.450 e. The fourth-order valence-corrected chi connectivity index (χ4v) is 2.98. The van der Waals surface area contributed by atoms with Crippen molar-refractivity contribution in [2.45, 2.75) is 89.2 Å². The van der Waals surface area contributed by atoms with Crippen molar-refractivity contribution < 1.29 is 49.0 Å². The van der Waals surface area contributed by atoms with Crippen LogP contribution in [0.5, 0.6) is 0 Å². The van der Waals surface area contributed by atoms with Crippen molar-refractivity contribution in [1.29, 1.82) is 0 Å². The fourth-order valence-electron chi connectivity index (χ4n) is 2.98. The van der Waals surface area contributed by atoms with Gasteiger partial charge in [0.1, 0.15) is 12.2 Å². The van der Waals surface area contributed by atoms with E-state index in [1.165, 1.54) is 13.3 Å². The monoisotopic (exact) mass is 436 g/mol. The van der Waals surface area contributed by atoms with Crippen LogP contribution in [-0.2, 0) is 28.5 Å². The van der Waals surface area contributed by atoms with Gasteiger partial charge in [0, 0.05) is 6.61 Å². The maximum absolute atomic E-state index is 12.1. The van der Waals surface area contributed by atoms with Gasteiger partial charge in [-0.05, 0) is 13.3 Å². The number of ketones is 1. The van der Waals surface area contributed by atoms with E-state index in [0.29, 0.717) is 6.61 Å². The normalized spacial score (nSPS) is 23.3. The lowest BCUT2D eigenvalue weighted by molar-refractivity contribution is -0.247. The lowest BCUT2D eigenvalue weighted by atomic mass is 10.1. The van der Waals surface area contributed by atoms with E-state index >= 15 is 0 Å². The topological polar surface area (TPSA) is 152 Å². The van der Waals surface area contributed by atoms with E-state index in [9.17, 15) is 24.9 Å². The van der Waals surface area contributed by atoms with Crippen LogP contribution in [0.25, 0.3) is 0 Å². The van der Waals surface area contributed by atoms with Crippen LogP contribution in [-0.4, -0.2) is 95.4 Å². The first-order chi connectivity index (χ1) is 14.3. The first-order valence-corrected chi connectivity index (χ1v) is 10.6. The second kappa shape index (κ2) is 14.8. The molecule has 0 aromatic carbocycles. The third-order valence-electron chi connectivity index (χ3n) is 4.66. The molecule has 0 amide bonds. The van der Waals surface area contributed by atoms with Gasteiger partial charge in [-0.2, -0.15) is 0 Å². The molecule has 10 nitrogen and oxygen atoms in total. The Bertz CT molecular complexity index is 498. The molecule has 6 atom stereocenters. The number of cyclic esters (lactones) is 1. The molecule has 1 heterocycles. The number of aliphatic hydroxyl groups excluding tert-OH is 4. The van der Waals surface area contributed by atoms with Crippen molar-refractivity contribution in [3.63, 3.8) is 0 Å². The average molecular weight is 436 g/mol. The van der Waals surface area contributed by atoms with Gasteiger partial charge in [-0.15, -0.1) is 0 Å². The zero-order chi connectivity index (χ0) is 22.5. The van der Waals surface area contributed by atoms with Crippen LogP contribution in [0.15, 0.2) is 0 Å². The number of carbonyl (C=O) groups is 2. The molecule has 1 aliphatic heterocycles. The highest BCUT2D eigenvalue weighted by Gasteiger charge is 2.49. The number of rotatable bonds is 17. The lowest BCUT2D eigenvalue weighted by Crippen LogP contribution is -2.47. The number of Topliss-reactive ketones (excluding diaryl/α,β-unsaturated/α-hetero) is 1. The Hall–Kier alpha value is -1.14. The number of esters is 1. The molecule has 4 unspecified atom stereocenters. The predicted octanol–water partition coefficient (Wildman–Crippen LogP) is -0.319. The third-order valence-corrected chi connectivity index (χ3v) is 4.66. The molecule has 10 heteroatoms. The Morgan fingerprint density at radius 2 is 1.67 bits per heavy atom. The molecule has 1 rings (SSSR count). The van der Waals surface area contributed by atoms with Gasteiger partial charge < -0.3 is 39.4 Å². The van der Waals surface area contributed by atoms with Crippen molar-refractivity contribution in [3.8, 4) is 0 Å². The molecule has 0 radical (unpaired) electrons. The highest BCUT2D eigenvalue weighted by atomic mass is 16.7. The Balaban J connectivity index is 2.72. The molecule has 0 bridgehead atoms. The molecule has 1 saturated heterocycles. The molecule has 0 spiro atoms. The van der Waals surface area contributed by atoms with Gasteiger partial charge >= 0.3 is 5.97 Å². The standard InChI is InChI=1S/C20H36O10/c1-3-4-5-6-7-8-9-27-15(11-22)20(28-12-13(2)23)30-18-16(25)19(26)29-17(18)14(24)10-21/h13-15,17-18,20-24H,3-12H2,1-2H3/t13?,14-,15?,17+,18?,20?/m0/s1. The van der Waals surface area contributed by atoms with E-state index in [1.807, 2.05) is 0 Å². The van der Waals surface area contributed by atoms with Crippen molar-refractivity contribution in [2.24, 2.45) is 0 Å². The van der Waals surface area contributed by atoms with Crippen molar-refractivity contribution >= 4 is 11.8 Å². The van der Waals surface area contributed by atoms with Crippen LogP contribution in [0.3, 0.4) is 0 Å². The van der Waals surface area contributed by atoms with Crippen molar-refractivity contribution in [1.82, 2.24) is 0 Å². The number of hydrogen-bond donors (Lipinski definition) is 4. The molecular weight excluding hydrogens is 400 g/mol. The molecule has 1 fully saturated rings. The molecule has 30 heavy (non-hydrogen) atoms. The maximum Gasteiger partial charge on any atom is 0.378 e. The molecule has 0 aromatic rings. The molecule has 4 N–H and O–H groups in total. The summed E-state index contributed by atoms with van der Waals surface area (Å²) in [5.41, 5.74) is 0. The summed E-state index contributed by atoms with van der Waals surface area (Å²) in [6.45, 7) is 2.52. The van der Waals surface area contributed by atoms with Gasteiger partial charge in [0.15, 0.2) is 18.5 Å². The number of hydrogen-bond acceptors (Lipinski definition) is 10. The van der Waals surface area contributed by atoms with Gasteiger partial charge in [0.2, 0.25) is 0 Å². The molecule has 1 aliphatic rings. The largest absolute Gasteiger partial charge is 0.450 e. The van der Waals surface area contributed by atoms with Crippen LogP contribution in [0.4, 0.5) is 0 Å². The van der Waals surface area contributed by atoms with Crippen LogP contribution in [0.2, 0.25) is 0 Å². The molecule has 0 aromatic heterocycles. The molecule has 176 valence electrons. The second-order valence-electron chi connectivity index (χ2n) is 7.45. The molecule has 0 aliphatic carbocycles. The maximum atomic E-state index is 12.1. The van der Waals surface area contributed by atoms with Crippen LogP contribution in [0.1, 0.15) is 52.4 Å². The summed E-state index contributed by atoms with van der Waals surface area (Å²) in [4.78, 5) is 23.7. The Morgan fingerprint density at radius 3 is 2.27 bits per heavy atom. The first kappa shape index (κ1) is 26.9. The van der Waals surface area contributed by atoms with Gasteiger partial charge in [-0.3, -0.25) is 4.79 Å². The Labute approximate surface area is 177 Å². The van der Waals surface area contributed by atoms with Crippen LogP contribution >= 0.6 is 0 Å². The number of unbranched alkanes of at least 4 members (excludes halogenated alkanes) is 5. The quantitative estimate of drug-likeness (QED) is 0.103. The highest BCUT2D eigenvalue weighted by Crippen LogP contribution is 2.22. The van der Waals surface area contributed by atoms with Crippen LogP contribution in [0, 0.1) is 0 Å². The summed E-state index contributed by atoms with van der Waals surface area (Å²) in [5.74, 6) is -2.23. The zero-order valence-corrected chi connectivity index (χ0v) is 17.8. The van der Waals surface area contributed by atoms with Crippen molar-refractivity contribution in [2.75, 3.05) is 26.4 Å². The SMILES string of the molecule is CCCCCCCCOC(CO)C(OCC(C)O)OC1C(=O)C(=O)O[C@@H]1[C@@H](O)CO. The summed E-state index contributed by atoms with van der Waals surface area (Å²) in [7, 11) is 0. The van der Waals surface area contributed by atoms with E-state index in [2.05, 4.69) is 6.92 Å². The number of carbonyl (C=O) groups excluding carboxylic acids is 2. The predicted molar refractivity (Wildman–Crippen MR) is 104 cm³/mol. The van der Waals surface area contributed by atoms with E-state index in [4.69, 9.17) is 24.1 Å². The van der Waals surface area contributed by atoms with Gasteiger partial charge in [-0.1, -0.05) is 39.0 Å². The van der Waals surface area contributed by atoms with Crippen molar-refractivity contribution in [3.05, 3.63) is 0 Å². The molecular formula is C20H36O10. The highest BCUT2D eigenvalue weighted by molar-refractivity contribution is 6.37. The minimum atomic E-state index is -1.54. The summed E-state index contributed by atoms with van der Waals surface area (Å²) in [6, 6.07) is 0. The Kier molecular flexibility index (Phi) is 13.3. The smallest absolute Gasteiger partial charge is 0.378 e. The average Bonchev–Trinajstić information content (AvgIpc) is 3.01. The molecule has 0 saturated carbocycles. The summed E-state index contributed by atoms with van der Waals surface area (Å²) in [5, 5.41) is 38.2. The van der Waals surface area contributed by atoms with Gasteiger partial charge in [0.05, 0.1) is 25.9 Å². The van der Waals surface area contributed by atoms with Gasteiger partial charge in [-0.25, -0.2) is 4.79 Å².